The molecule has 1 nitrogen and oxygen atoms in total. The van der Waals surface area contributed by atoms with Gasteiger partial charge in [-0.25, -0.2) is 0 Å². The topological polar surface area (TPSA) is 3.24 Å². The highest BCUT2D eigenvalue weighted by molar-refractivity contribution is 6.39. The van der Waals surface area contributed by atoms with E-state index < -0.39 is 7.40 Å². The highest BCUT2D eigenvalue weighted by Crippen LogP contribution is 2.03. The molecular weight excluding hydrogens is 159 g/mol. The van der Waals surface area contributed by atoms with E-state index in [4.69, 9.17) is 0 Å². The van der Waals surface area contributed by atoms with Crippen molar-refractivity contribution in [3.05, 3.63) is 0 Å². The van der Waals surface area contributed by atoms with E-state index in [9.17, 15) is 8.63 Å². The summed E-state index contributed by atoms with van der Waals surface area (Å²) in [5.41, 5.74) is 0. The van der Waals surface area contributed by atoms with Crippen LogP contribution in [0.5, 0.6) is 0 Å². The van der Waals surface area contributed by atoms with E-state index >= 15 is 0 Å². The predicted octanol–water partition coefficient (Wildman–Crippen LogP) is 2.81. The summed E-state index contributed by atoms with van der Waals surface area (Å²) in [6, 6.07) is 0. The summed E-state index contributed by atoms with van der Waals surface area (Å²) in [7, 11) is -2.27. The number of hydrogen-bond acceptors (Lipinski definition) is 1. The Bertz CT molecular complexity index is 93.1. The quantitative estimate of drug-likeness (QED) is 0.540. The molecule has 0 bridgehead atoms. The van der Waals surface area contributed by atoms with Gasteiger partial charge in [-0.2, -0.15) is 0 Å². The van der Waals surface area contributed by atoms with Crippen LogP contribution in [0.15, 0.2) is 0 Å². The Labute approximate surface area is 74.3 Å². The van der Waals surface area contributed by atoms with Gasteiger partial charge < -0.3 is 0 Å². The molecular formula is C8H18BF2N. The second kappa shape index (κ2) is 7.53. The van der Waals surface area contributed by atoms with E-state index in [1.807, 2.05) is 13.8 Å². The minimum Gasteiger partial charge on any atom is -0.283 e. The zero-order chi connectivity index (χ0) is 9.40. The van der Waals surface area contributed by atoms with Crippen molar-refractivity contribution in [3.8, 4) is 0 Å². The maximum Gasteiger partial charge on any atom is 0.636 e. The molecule has 0 N–H and O–H groups in total. The minimum absolute atomic E-state index is 0.536. The second-order valence-electron chi connectivity index (χ2n) is 3.02. The van der Waals surface area contributed by atoms with Crippen molar-refractivity contribution in [2.75, 3.05) is 13.1 Å². The van der Waals surface area contributed by atoms with Gasteiger partial charge in [0.2, 0.25) is 0 Å². The Morgan fingerprint density at radius 3 is 1.67 bits per heavy atom. The Morgan fingerprint density at radius 1 is 1.00 bits per heavy atom. The molecule has 0 heterocycles. The van der Waals surface area contributed by atoms with Crippen LogP contribution >= 0.6 is 0 Å². The lowest BCUT2D eigenvalue weighted by molar-refractivity contribution is 0.348. The molecule has 0 aromatic carbocycles. The number of unbranched alkanes of at least 4 members (excludes halogenated alkanes) is 2. The van der Waals surface area contributed by atoms with Gasteiger partial charge >= 0.3 is 7.40 Å². The van der Waals surface area contributed by atoms with Crippen LogP contribution in [0.1, 0.15) is 39.5 Å². The maximum atomic E-state index is 12.3. The fraction of sp³-hybridized carbons (Fsp3) is 1.00. The fourth-order valence-electron chi connectivity index (χ4n) is 1.03. The number of hydrogen-bond donors (Lipinski definition) is 0. The average molecular weight is 177 g/mol. The van der Waals surface area contributed by atoms with Gasteiger partial charge in [-0.1, -0.05) is 26.7 Å². The second-order valence-corrected chi connectivity index (χ2v) is 3.02. The fourth-order valence-corrected chi connectivity index (χ4v) is 1.03. The molecule has 0 saturated heterocycles. The van der Waals surface area contributed by atoms with Crippen LogP contribution in [0.2, 0.25) is 0 Å². The summed E-state index contributed by atoms with van der Waals surface area (Å²) >= 11 is 0. The van der Waals surface area contributed by atoms with Crippen LogP contribution in [0.25, 0.3) is 0 Å². The third-order valence-corrected chi connectivity index (χ3v) is 1.87. The lowest BCUT2D eigenvalue weighted by Crippen LogP contribution is -2.34. The molecule has 0 rings (SSSR count). The number of halogens is 2. The summed E-state index contributed by atoms with van der Waals surface area (Å²) in [5, 5.41) is 0. The number of rotatable bonds is 7. The molecule has 0 atom stereocenters. The van der Waals surface area contributed by atoms with E-state index in [1.165, 1.54) is 4.81 Å². The van der Waals surface area contributed by atoms with Gasteiger partial charge in [0.15, 0.2) is 0 Å². The Balaban J connectivity index is 3.55. The van der Waals surface area contributed by atoms with Gasteiger partial charge in [0, 0.05) is 0 Å². The summed E-state index contributed by atoms with van der Waals surface area (Å²) in [6.45, 7) is 5.11. The standard InChI is InChI=1S/C8H18BF2N/c1-3-5-7-12(9(10)11)8-6-4-2/h3-8H2,1-2H3. The minimum atomic E-state index is -2.27. The first-order valence-corrected chi connectivity index (χ1v) is 4.74. The van der Waals surface area contributed by atoms with Crippen LogP contribution in [-0.4, -0.2) is 25.3 Å². The van der Waals surface area contributed by atoms with Crippen LogP contribution < -0.4 is 0 Å². The van der Waals surface area contributed by atoms with Crippen LogP contribution in [0.3, 0.4) is 0 Å². The molecule has 0 aliphatic carbocycles. The molecule has 0 saturated carbocycles. The molecule has 0 amide bonds. The molecule has 0 aromatic heterocycles. The average Bonchev–Trinajstić information content (AvgIpc) is 2.04. The lowest BCUT2D eigenvalue weighted by atomic mass is 10.1. The van der Waals surface area contributed by atoms with Crippen molar-refractivity contribution in [1.82, 2.24) is 4.81 Å². The van der Waals surface area contributed by atoms with Crippen molar-refractivity contribution in [2.24, 2.45) is 0 Å². The predicted molar refractivity (Wildman–Crippen MR) is 49.4 cm³/mol. The van der Waals surface area contributed by atoms with Crippen LogP contribution in [0, 0.1) is 0 Å². The first-order valence-electron chi connectivity index (χ1n) is 4.74. The summed E-state index contributed by atoms with van der Waals surface area (Å²) < 4.78 is 24.5. The molecule has 0 aliphatic rings. The lowest BCUT2D eigenvalue weighted by Gasteiger charge is -2.17. The highest BCUT2D eigenvalue weighted by atomic mass is 19.2. The molecule has 12 heavy (non-hydrogen) atoms. The molecule has 0 fully saturated rings. The smallest absolute Gasteiger partial charge is 0.283 e. The Morgan fingerprint density at radius 2 is 1.42 bits per heavy atom. The first kappa shape index (κ1) is 11.9. The monoisotopic (exact) mass is 177 g/mol. The van der Waals surface area contributed by atoms with Crippen molar-refractivity contribution >= 4 is 7.40 Å². The Kier molecular flexibility index (Phi) is 7.46. The maximum absolute atomic E-state index is 12.3. The first-order chi connectivity index (χ1) is 5.72. The van der Waals surface area contributed by atoms with Gasteiger partial charge in [-0.15, -0.1) is 0 Å². The van der Waals surface area contributed by atoms with Gasteiger partial charge in [0.1, 0.15) is 0 Å². The third kappa shape index (κ3) is 5.52. The SMILES string of the molecule is CCCCN(CCCC)B(F)F. The largest absolute Gasteiger partial charge is 0.636 e. The molecule has 4 heteroatoms. The molecule has 72 valence electrons. The van der Waals surface area contributed by atoms with E-state index in [2.05, 4.69) is 0 Å². The van der Waals surface area contributed by atoms with Gasteiger partial charge in [-0.05, 0) is 25.9 Å². The molecule has 0 spiro atoms. The third-order valence-electron chi connectivity index (χ3n) is 1.87. The Hall–Kier alpha value is -0.115. The van der Waals surface area contributed by atoms with Crippen LogP contribution in [-0.2, 0) is 0 Å². The van der Waals surface area contributed by atoms with Crippen molar-refractivity contribution in [3.63, 3.8) is 0 Å². The zero-order valence-corrected chi connectivity index (χ0v) is 8.02. The van der Waals surface area contributed by atoms with Crippen LogP contribution in [0.4, 0.5) is 8.63 Å². The van der Waals surface area contributed by atoms with E-state index in [0.717, 1.165) is 25.7 Å². The van der Waals surface area contributed by atoms with E-state index in [1.54, 1.807) is 0 Å². The highest BCUT2D eigenvalue weighted by Gasteiger charge is 2.22. The van der Waals surface area contributed by atoms with Crippen molar-refractivity contribution < 1.29 is 8.63 Å². The van der Waals surface area contributed by atoms with Gasteiger partial charge in [-0.3, -0.25) is 13.4 Å². The summed E-state index contributed by atoms with van der Waals surface area (Å²) in [6.07, 6.45) is 3.70. The van der Waals surface area contributed by atoms with Gasteiger partial charge in [0.05, 0.1) is 0 Å². The summed E-state index contributed by atoms with van der Waals surface area (Å²) in [5.74, 6) is 0. The van der Waals surface area contributed by atoms with Gasteiger partial charge in [0.25, 0.3) is 0 Å². The van der Waals surface area contributed by atoms with Crippen molar-refractivity contribution in [1.29, 1.82) is 0 Å². The zero-order valence-electron chi connectivity index (χ0n) is 8.02. The van der Waals surface area contributed by atoms with E-state index in [0.29, 0.717) is 13.1 Å². The van der Waals surface area contributed by atoms with E-state index in [-0.39, 0.29) is 0 Å². The molecule has 0 aromatic rings. The summed E-state index contributed by atoms with van der Waals surface area (Å²) in [4.78, 5) is 1.26. The molecule has 0 aliphatic heterocycles. The number of nitrogens with zero attached hydrogens (tertiary/aromatic N) is 1. The molecule has 0 radical (unpaired) electrons. The molecule has 0 unspecified atom stereocenters. The van der Waals surface area contributed by atoms with Crippen molar-refractivity contribution in [2.45, 2.75) is 39.5 Å². The normalized spacial score (nSPS) is 10.8.